The molecule has 0 saturated heterocycles. The van der Waals surface area contributed by atoms with Gasteiger partial charge in [-0.25, -0.2) is 0 Å². The lowest BCUT2D eigenvalue weighted by Crippen LogP contribution is -2.01. The van der Waals surface area contributed by atoms with Crippen molar-refractivity contribution in [1.82, 2.24) is 15.0 Å². The third kappa shape index (κ3) is 1.75. The number of halogens is 1. The summed E-state index contributed by atoms with van der Waals surface area (Å²) in [6.45, 7) is 3.00. The molecule has 13 heavy (non-hydrogen) atoms. The number of hydrogen-bond acceptors (Lipinski definition) is 2. The first-order valence-corrected chi connectivity index (χ1v) is 4.97. The average Bonchev–Trinajstić information content (AvgIpc) is 2.46. The molecule has 0 N–H and O–H groups in total. The standard InChI is InChI=1S/C9H12ClN3/c1-2-5-13-11-8-4-3-7(10)6-9(8)12-13/h6H,2-5H2,1H3. The highest BCUT2D eigenvalue weighted by Gasteiger charge is 2.14. The number of fused-ring (bicyclic) bond motifs is 1. The third-order valence-electron chi connectivity index (χ3n) is 2.07. The second kappa shape index (κ2) is 3.50. The van der Waals surface area contributed by atoms with Gasteiger partial charge in [-0.15, -0.1) is 0 Å². The molecule has 1 aromatic heterocycles. The number of aromatic nitrogens is 3. The number of hydrogen-bond donors (Lipinski definition) is 0. The first-order valence-electron chi connectivity index (χ1n) is 4.59. The molecule has 0 radical (unpaired) electrons. The van der Waals surface area contributed by atoms with E-state index in [1.807, 2.05) is 6.08 Å². The summed E-state index contributed by atoms with van der Waals surface area (Å²) in [5, 5.41) is 9.60. The summed E-state index contributed by atoms with van der Waals surface area (Å²) in [4.78, 5) is 1.76. The second-order valence-corrected chi connectivity index (χ2v) is 3.70. The highest BCUT2D eigenvalue weighted by Crippen LogP contribution is 2.22. The van der Waals surface area contributed by atoms with Crippen LogP contribution in [-0.4, -0.2) is 15.0 Å². The van der Waals surface area contributed by atoms with Crippen molar-refractivity contribution in [3.8, 4) is 0 Å². The van der Waals surface area contributed by atoms with Crippen LogP contribution in [0.5, 0.6) is 0 Å². The second-order valence-electron chi connectivity index (χ2n) is 3.22. The molecule has 1 aliphatic carbocycles. The molecule has 1 aromatic rings. The fourth-order valence-electron chi connectivity index (χ4n) is 1.44. The lowest BCUT2D eigenvalue weighted by molar-refractivity contribution is 0.523. The van der Waals surface area contributed by atoms with E-state index in [-0.39, 0.29) is 0 Å². The molecule has 1 heterocycles. The molecular formula is C9H12ClN3. The molecule has 70 valence electrons. The molecule has 0 unspecified atom stereocenters. The maximum absolute atomic E-state index is 5.91. The molecule has 2 rings (SSSR count). The van der Waals surface area contributed by atoms with E-state index in [9.17, 15) is 0 Å². The zero-order valence-corrected chi connectivity index (χ0v) is 8.38. The Morgan fingerprint density at radius 3 is 3.08 bits per heavy atom. The van der Waals surface area contributed by atoms with Gasteiger partial charge in [0.05, 0.1) is 12.2 Å². The molecule has 4 heteroatoms. The van der Waals surface area contributed by atoms with Crippen LogP contribution in [0.2, 0.25) is 0 Å². The maximum Gasteiger partial charge on any atom is 0.110 e. The van der Waals surface area contributed by atoms with Gasteiger partial charge >= 0.3 is 0 Å². The van der Waals surface area contributed by atoms with E-state index in [1.165, 1.54) is 0 Å². The topological polar surface area (TPSA) is 30.7 Å². The first kappa shape index (κ1) is 8.75. The van der Waals surface area contributed by atoms with Crippen LogP contribution in [0.1, 0.15) is 31.2 Å². The van der Waals surface area contributed by atoms with Crippen molar-refractivity contribution < 1.29 is 0 Å². The Hall–Kier alpha value is -0.830. The SMILES string of the molecule is CCCn1nc2c(n1)CCC(Cl)=C2. The van der Waals surface area contributed by atoms with E-state index in [2.05, 4.69) is 17.1 Å². The molecule has 0 saturated carbocycles. The Morgan fingerprint density at radius 2 is 2.31 bits per heavy atom. The van der Waals surface area contributed by atoms with Gasteiger partial charge in [0.15, 0.2) is 0 Å². The Labute approximate surface area is 82.4 Å². The van der Waals surface area contributed by atoms with Crippen LogP contribution in [0.3, 0.4) is 0 Å². The average molecular weight is 198 g/mol. The Bertz CT molecular complexity index is 341. The summed E-state index contributed by atoms with van der Waals surface area (Å²) in [6, 6.07) is 0. The summed E-state index contributed by atoms with van der Waals surface area (Å²) in [5.41, 5.74) is 2.03. The maximum atomic E-state index is 5.91. The number of aryl methyl sites for hydroxylation is 2. The monoisotopic (exact) mass is 197 g/mol. The van der Waals surface area contributed by atoms with Crippen molar-refractivity contribution in [3.63, 3.8) is 0 Å². The number of nitrogens with zero attached hydrogens (tertiary/aromatic N) is 3. The van der Waals surface area contributed by atoms with Gasteiger partial charge in [0.25, 0.3) is 0 Å². The van der Waals surface area contributed by atoms with Crippen molar-refractivity contribution in [1.29, 1.82) is 0 Å². The molecule has 1 aliphatic rings. The van der Waals surface area contributed by atoms with Gasteiger partial charge in [-0.3, -0.25) is 0 Å². The Balaban J connectivity index is 2.29. The molecule has 0 atom stereocenters. The van der Waals surface area contributed by atoms with Crippen molar-refractivity contribution in [2.24, 2.45) is 0 Å². The van der Waals surface area contributed by atoms with Crippen LogP contribution in [-0.2, 0) is 13.0 Å². The van der Waals surface area contributed by atoms with Gasteiger partial charge in [-0.1, -0.05) is 18.5 Å². The van der Waals surface area contributed by atoms with Gasteiger partial charge in [0.1, 0.15) is 5.69 Å². The minimum Gasteiger partial charge on any atom is -0.184 e. The van der Waals surface area contributed by atoms with Gasteiger partial charge in [0, 0.05) is 5.03 Å². The number of allylic oxidation sites excluding steroid dienone is 1. The highest BCUT2D eigenvalue weighted by atomic mass is 35.5. The Kier molecular flexibility index (Phi) is 2.36. The summed E-state index contributed by atoms with van der Waals surface area (Å²) in [7, 11) is 0. The summed E-state index contributed by atoms with van der Waals surface area (Å²) in [5.74, 6) is 0. The Morgan fingerprint density at radius 1 is 1.46 bits per heavy atom. The van der Waals surface area contributed by atoms with Crippen molar-refractivity contribution in [2.45, 2.75) is 32.7 Å². The van der Waals surface area contributed by atoms with E-state index in [1.54, 1.807) is 4.80 Å². The van der Waals surface area contributed by atoms with Crippen LogP contribution in [0.15, 0.2) is 5.03 Å². The fourth-order valence-corrected chi connectivity index (χ4v) is 1.64. The van der Waals surface area contributed by atoms with E-state index in [4.69, 9.17) is 11.6 Å². The predicted octanol–water partition coefficient (Wildman–Crippen LogP) is 2.21. The van der Waals surface area contributed by atoms with Crippen LogP contribution in [0, 0.1) is 0 Å². The van der Waals surface area contributed by atoms with Crippen LogP contribution < -0.4 is 0 Å². The smallest absolute Gasteiger partial charge is 0.110 e. The summed E-state index contributed by atoms with van der Waals surface area (Å²) in [6.07, 6.45) is 4.80. The molecule has 0 aliphatic heterocycles. The lowest BCUT2D eigenvalue weighted by Gasteiger charge is -2.02. The van der Waals surface area contributed by atoms with E-state index in [0.29, 0.717) is 0 Å². The molecule has 0 spiro atoms. The zero-order chi connectivity index (χ0) is 9.26. The molecular weight excluding hydrogens is 186 g/mol. The van der Waals surface area contributed by atoms with Crippen LogP contribution in [0.25, 0.3) is 6.08 Å². The van der Waals surface area contributed by atoms with Gasteiger partial charge in [-0.05, 0) is 25.3 Å². The lowest BCUT2D eigenvalue weighted by atomic mass is 10.1. The largest absolute Gasteiger partial charge is 0.184 e. The normalized spacial score (nSPS) is 15.4. The molecule has 0 aromatic carbocycles. The highest BCUT2D eigenvalue weighted by molar-refractivity contribution is 6.31. The molecule has 0 bridgehead atoms. The predicted molar refractivity (Wildman–Crippen MR) is 52.5 cm³/mol. The first-order chi connectivity index (χ1) is 6.29. The minimum absolute atomic E-state index is 0.885. The zero-order valence-electron chi connectivity index (χ0n) is 7.63. The van der Waals surface area contributed by atoms with Crippen LogP contribution >= 0.6 is 11.6 Å². The van der Waals surface area contributed by atoms with Crippen molar-refractivity contribution >= 4 is 17.7 Å². The minimum atomic E-state index is 0.885. The van der Waals surface area contributed by atoms with E-state index in [0.717, 1.165) is 42.2 Å². The van der Waals surface area contributed by atoms with E-state index < -0.39 is 0 Å². The fraction of sp³-hybridized carbons (Fsp3) is 0.556. The quantitative estimate of drug-likeness (QED) is 0.728. The number of rotatable bonds is 2. The third-order valence-corrected chi connectivity index (χ3v) is 2.37. The van der Waals surface area contributed by atoms with Gasteiger partial charge < -0.3 is 0 Å². The molecule has 0 fully saturated rings. The van der Waals surface area contributed by atoms with Gasteiger partial charge in [0.2, 0.25) is 0 Å². The van der Waals surface area contributed by atoms with E-state index >= 15 is 0 Å². The summed E-state index contributed by atoms with van der Waals surface area (Å²) < 4.78 is 0. The van der Waals surface area contributed by atoms with Crippen molar-refractivity contribution in [2.75, 3.05) is 0 Å². The van der Waals surface area contributed by atoms with Crippen molar-refractivity contribution in [3.05, 3.63) is 16.4 Å². The summed E-state index contributed by atoms with van der Waals surface area (Å²) >= 11 is 5.91. The molecule has 3 nitrogen and oxygen atoms in total. The van der Waals surface area contributed by atoms with Crippen LogP contribution in [0.4, 0.5) is 0 Å². The molecule has 0 amide bonds. The van der Waals surface area contributed by atoms with Gasteiger partial charge in [-0.2, -0.15) is 15.0 Å².